The molecular weight excluding hydrogens is 284 g/mol. The molecule has 4 aliphatic carbocycles. The van der Waals surface area contributed by atoms with E-state index < -0.39 is 0 Å². The van der Waals surface area contributed by atoms with Gasteiger partial charge in [-0.2, -0.15) is 0 Å². The van der Waals surface area contributed by atoms with Gasteiger partial charge in [-0.1, -0.05) is 31.6 Å². The first-order chi connectivity index (χ1) is 10.9. The lowest BCUT2D eigenvalue weighted by Gasteiger charge is -2.57. The quantitative estimate of drug-likeness (QED) is 0.530. The maximum atomic E-state index is 12.5. The zero-order chi connectivity index (χ0) is 16.4. The molecule has 23 heavy (non-hydrogen) atoms. The second-order valence-electron chi connectivity index (χ2n) is 8.94. The van der Waals surface area contributed by atoms with Gasteiger partial charge in [0, 0.05) is 6.42 Å². The monoisotopic (exact) mass is 314 g/mol. The van der Waals surface area contributed by atoms with Gasteiger partial charge in [-0.05, 0) is 79.6 Å². The molecule has 2 nitrogen and oxygen atoms in total. The molecule has 3 fully saturated rings. The zero-order valence-electron chi connectivity index (χ0n) is 14.8. The largest absolute Gasteiger partial charge is 0.393 e. The third kappa shape index (κ3) is 2.00. The molecule has 0 aliphatic heterocycles. The summed E-state index contributed by atoms with van der Waals surface area (Å²) in [5, 5.41) is 10.1. The molecule has 0 bridgehead atoms. The number of ketones is 1. The number of aliphatic hydroxyl groups is 1. The summed E-state index contributed by atoms with van der Waals surface area (Å²) in [7, 11) is 0. The Bertz CT molecular complexity index is 601. The summed E-state index contributed by atoms with van der Waals surface area (Å²) in [5.41, 5.74) is 3.00. The van der Waals surface area contributed by atoms with E-state index in [4.69, 9.17) is 0 Å². The summed E-state index contributed by atoms with van der Waals surface area (Å²) < 4.78 is 0. The van der Waals surface area contributed by atoms with Crippen molar-refractivity contribution in [2.75, 3.05) is 0 Å². The Morgan fingerprint density at radius 3 is 2.61 bits per heavy atom. The molecule has 126 valence electrons. The van der Waals surface area contributed by atoms with E-state index in [0.717, 1.165) is 44.1 Å². The van der Waals surface area contributed by atoms with E-state index in [1.165, 1.54) is 12.0 Å². The minimum Gasteiger partial charge on any atom is -0.393 e. The van der Waals surface area contributed by atoms with Crippen molar-refractivity contribution in [2.24, 2.45) is 28.6 Å². The molecule has 1 N–H and O–H groups in total. The predicted octanol–water partition coefficient (Wildman–Crippen LogP) is 4.44. The fraction of sp³-hybridized carbons (Fsp3) is 0.762. The highest BCUT2D eigenvalue weighted by atomic mass is 16.3. The fourth-order valence-electron chi connectivity index (χ4n) is 6.79. The van der Waals surface area contributed by atoms with Crippen LogP contribution in [0.4, 0.5) is 0 Å². The van der Waals surface area contributed by atoms with Crippen molar-refractivity contribution in [1.29, 1.82) is 0 Å². The summed E-state index contributed by atoms with van der Waals surface area (Å²) in [4.78, 5) is 12.5. The minimum atomic E-state index is -0.137. The van der Waals surface area contributed by atoms with Crippen LogP contribution in [0.15, 0.2) is 23.3 Å². The Morgan fingerprint density at radius 1 is 1.13 bits per heavy atom. The number of carbonyl (C=O) groups excluding carboxylic acids is 1. The molecule has 0 saturated heterocycles. The highest BCUT2D eigenvalue weighted by molar-refractivity contribution is 5.99. The van der Waals surface area contributed by atoms with Crippen molar-refractivity contribution in [2.45, 2.75) is 71.8 Å². The first-order valence-electron chi connectivity index (χ1n) is 9.47. The Balaban J connectivity index is 1.71. The molecule has 4 aliphatic rings. The van der Waals surface area contributed by atoms with E-state index in [2.05, 4.69) is 26.0 Å². The van der Waals surface area contributed by atoms with Crippen LogP contribution in [0.3, 0.4) is 0 Å². The number of rotatable bonds is 0. The number of hydrogen-bond acceptors (Lipinski definition) is 2. The number of aliphatic hydroxyl groups excluding tert-OH is 1. The highest BCUT2D eigenvalue weighted by Gasteiger charge is 2.59. The van der Waals surface area contributed by atoms with Crippen LogP contribution < -0.4 is 0 Å². The topological polar surface area (TPSA) is 37.3 Å². The Kier molecular flexibility index (Phi) is 3.43. The maximum Gasteiger partial charge on any atom is 0.159 e. The molecule has 3 saturated carbocycles. The second-order valence-corrected chi connectivity index (χ2v) is 8.94. The van der Waals surface area contributed by atoms with Gasteiger partial charge in [0.2, 0.25) is 0 Å². The molecule has 0 amide bonds. The number of hydrogen-bond donors (Lipinski definition) is 1. The minimum absolute atomic E-state index is 0.114. The van der Waals surface area contributed by atoms with Crippen LogP contribution in [0.5, 0.6) is 0 Å². The Morgan fingerprint density at radius 2 is 1.87 bits per heavy atom. The fourth-order valence-corrected chi connectivity index (χ4v) is 6.79. The standard InChI is InChI=1S/C21H30O2/c1-4-16-19(23)12-18-15-6-5-13-11-14(22)7-9-20(13,2)17(15)8-10-21(16,18)3/h4-5,14-15,17-18,22H,6-12H2,1-3H3/b16-4+/t14-,15+,17-,18-,20?,21+/m0/s1. The molecule has 0 aromatic rings. The molecule has 6 atom stereocenters. The first-order valence-corrected chi connectivity index (χ1v) is 9.47. The lowest BCUT2D eigenvalue weighted by atomic mass is 9.48. The van der Waals surface area contributed by atoms with Crippen LogP contribution in [0.25, 0.3) is 0 Å². The number of carbonyl (C=O) groups is 1. The summed E-state index contributed by atoms with van der Waals surface area (Å²) in [6.07, 6.45) is 11.6. The lowest BCUT2D eigenvalue weighted by Crippen LogP contribution is -2.49. The van der Waals surface area contributed by atoms with E-state index in [-0.39, 0.29) is 16.9 Å². The van der Waals surface area contributed by atoms with E-state index in [9.17, 15) is 9.90 Å². The Hall–Kier alpha value is -0.890. The summed E-state index contributed by atoms with van der Waals surface area (Å²) in [6.45, 7) is 6.83. The SMILES string of the molecule is C/C=C1\C(=O)C[C@H]2[C@@H]3CC=C4C[C@@H](O)CCC4(C)[C@H]3CC[C@]12C. The molecular formula is C21H30O2. The van der Waals surface area contributed by atoms with Crippen molar-refractivity contribution in [3.63, 3.8) is 0 Å². The molecule has 0 aromatic carbocycles. The molecule has 4 rings (SSSR count). The average molecular weight is 314 g/mol. The Labute approximate surface area is 140 Å². The molecule has 1 unspecified atom stereocenters. The molecule has 0 spiro atoms. The second kappa shape index (κ2) is 5.05. The summed E-state index contributed by atoms with van der Waals surface area (Å²) >= 11 is 0. The van der Waals surface area contributed by atoms with E-state index in [0.29, 0.717) is 23.5 Å². The van der Waals surface area contributed by atoms with Crippen LogP contribution in [-0.2, 0) is 4.79 Å². The average Bonchev–Trinajstić information content (AvgIpc) is 2.77. The number of Topliss-reactive ketones (excluding diaryl/α,β-unsaturated/α-hetero) is 1. The van der Waals surface area contributed by atoms with Gasteiger partial charge >= 0.3 is 0 Å². The van der Waals surface area contributed by atoms with Crippen LogP contribution in [0.2, 0.25) is 0 Å². The highest BCUT2D eigenvalue weighted by Crippen LogP contribution is 2.65. The van der Waals surface area contributed by atoms with E-state index in [1.54, 1.807) is 0 Å². The van der Waals surface area contributed by atoms with Crippen LogP contribution in [-0.4, -0.2) is 17.0 Å². The normalized spacial score (nSPS) is 51.0. The van der Waals surface area contributed by atoms with Crippen molar-refractivity contribution >= 4 is 5.78 Å². The number of fused-ring (bicyclic) bond motifs is 5. The summed E-state index contributed by atoms with van der Waals surface area (Å²) in [5.74, 6) is 2.29. The van der Waals surface area contributed by atoms with Gasteiger partial charge in [0.15, 0.2) is 5.78 Å². The molecule has 0 heterocycles. The van der Waals surface area contributed by atoms with Gasteiger partial charge in [-0.15, -0.1) is 0 Å². The third-order valence-electron chi connectivity index (χ3n) is 8.08. The van der Waals surface area contributed by atoms with Crippen LogP contribution in [0.1, 0.15) is 65.7 Å². The maximum absolute atomic E-state index is 12.5. The zero-order valence-corrected chi connectivity index (χ0v) is 14.8. The lowest BCUT2D eigenvalue weighted by molar-refractivity contribution is -0.115. The smallest absolute Gasteiger partial charge is 0.159 e. The first kappa shape index (κ1) is 15.6. The van der Waals surface area contributed by atoms with Crippen molar-refractivity contribution in [1.82, 2.24) is 0 Å². The van der Waals surface area contributed by atoms with Crippen molar-refractivity contribution in [3.05, 3.63) is 23.3 Å². The van der Waals surface area contributed by atoms with Gasteiger partial charge in [-0.3, -0.25) is 4.79 Å². The number of allylic oxidation sites excluding steroid dienone is 3. The van der Waals surface area contributed by atoms with Gasteiger partial charge < -0.3 is 5.11 Å². The van der Waals surface area contributed by atoms with Gasteiger partial charge in [0.25, 0.3) is 0 Å². The molecule has 0 aromatic heterocycles. The van der Waals surface area contributed by atoms with E-state index in [1.807, 2.05) is 6.92 Å². The van der Waals surface area contributed by atoms with Crippen LogP contribution >= 0.6 is 0 Å². The third-order valence-corrected chi connectivity index (χ3v) is 8.08. The van der Waals surface area contributed by atoms with Gasteiger partial charge in [-0.25, -0.2) is 0 Å². The van der Waals surface area contributed by atoms with Gasteiger partial charge in [0.05, 0.1) is 6.10 Å². The predicted molar refractivity (Wildman–Crippen MR) is 91.9 cm³/mol. The van der Waals surface area contributed by atoms with Crippen LogP contribution in [0, 0.1) is 28.6 Å². The summed E-state index contributed by atoms with van der Waals surface area (Å²) in [6, 6.07) is 0. The van der Waals surface area contributed by atoms with Crippen molar-refractivity contribution in [3.8, 4) is 0 Å². The molecule has 2 heteroatoms. The van der Waals surface area contributed by atoms with Crippen molar-refractivity contribution < 1.29 is 9.90 Å². The molecule has 0 radical (unpaired) electrons. The van der Waals surface area contributed by atoms with E-state index >= 15 is 0 Å². The van der Waals surface area contributed by atoms with Gasteiger partial charge in [0.1, 0.15) is 0 Å².